The smallest absolute Gasteiger partial charge is 0.317 e. The first-order chi connectivity index (χ1) is 22.4. The van der Waals surface area contributed by atoms with Crippen molar-refractivity contribution in [1.29, 1.82) is 0 Å². The maximum absolute atomic E-state index is 15.3. The fourth-order valence-electron chi connectivity index (χ4n) is 11.3. The highest BCUT2D eigenvalue weighted by molar-refractivity contribution is 5.91. The lowest BCUT2D eigenvalue weighted by molar-refractivity contribution is -0.178. The number of hydrogen-bond acceptors (Lipinski definition) is 8. The molecule has 3 fully saturated rings. The van der Waals surface area contributed by atoms with E-state index in [-0.39, 0.29) is 46.2 Å². The van der Waals surface area contributed by atoms with E-state index in [1.165, 1.54) is 0 Å². The third-order valence-corrected chi connectivity index (χ3v) is 13.4. The summed E-state index contributed by atoms with van der Waals surface area (Å²) in [6.07, 6.45) is 3.71. The quantitative estimate of drug-likeness (QED) is 0.191. The third kappa shape index (κ3) is 4.13. The van der Waals surface area contributed by atoms with Gasteiger partial charge in [-0.15, -0.1) is 0 Å². The number of phenolic OH excluding ortho intramolecular Hbond substituents is 4. The van der Waals surface area contributed by atoms with E-state index in [1.54, 1.807) is 6.07 Å². The van der Waals surface area contributed by atoms with Crippen molar-refractivity contribution in [3.63, 3.8) is 0 Å². The molecule has 2 aromatic rings. The molecule has 2 bridgehead atoms. The first-order valence-corrected chi connectivity index (χ1v) is 18.0. The van der Waals surface area contributed by atoms with Gasteiger partial charge in [-0.25, -0.2) is 0 Å². The normalized spacial score (nSPS) is 32.6. The number of fused-ring (bicyclic) bond motifs is 4. The largest absolute Gasteiger partial charge is 0.504 e. The van der Waals surface area contributed by atoms with Crippen LogP contribution in [0.1, 0.15) is 152 Å². The Balaban J connectivity index is 1.45. The number of aromatic hydroxyl groups is 4. The first kappa shape index (κ1) is 33.1. The molecule has 260 valence electrons. The Morgan fingerprint density at radius 3 is 2.04 bits per heavy atom. The summed E-state index contributed by atoms with van der Waals surface area (Å²) in [4.78, 5) is 29.5. The minimum Gasteiger partial charge on any atom is -0.504 e. The van der Waals surface area contributed by atoms with E-state index in [1.807, 2.05) is 33.8 Å². The first-order valence-electron chi connectivity index (χ1n) is 18.0. The van der Waals surface area contributed by atoms with Gasteiger partial charge in [0.25, 0.3) is 0 Å². The molecule has 1 aliphatic heterocycles. The van der Waals surface area contributed by atoms with E-state index in [9.17, 15) is 25.2 Å². The Morgan fingerprint density at radius 1 is 0.812 bits per heavy atom. The zero-order valence-electron chi connectivity index (χ0n) is 29.7. The lowest BCUT2D eigenvalue weighted by Gasteiger charge is -2.55. The molecule has 48 heavy (non-hydrogen) atoms. The average Bonchev–Trinajstić information content (AvgIpc) is 3.26. The summed E-state index contributed by atoms with van der Waals surface area (Å²) in [7, 11) is 0. The van der Waals surface area contributed by atoms with Crippen LogP contribution >= 0.6 is 0 Å². The number of benzene rings is 2. The van der Waals surface area contributed by atoms with Gasteiger partial charge in [-0.05, 0) is 78.7 Å². The summed E-state index contributed by atoms with van der Waals surface area (Å²) in [6.45, 7) is 16.3. The fourth-order valence-corrected chi connectivity index (χ4v) is 11.3. The van der Waals surface area contributed by atoms with E-state index in [0.717, 1.165) is 37.7 Å². The SMILES string of the molecule is CC(C)c1cc2c(c(O)c1O)C1(C(=O)OC3c4cc(C(C)C)c(O)c(O)c4C45CCCC(C)(C)C4C3OC5=O)CCCC(C)(C)C1CC2. The van der Waals surface area contributed by atoms with Gasteiger partial charge in [0.1, 0.15) is 16.9 Å². The number of carbonyl (C=O) groups is 2. The van der Waals surface area contributed by atoms with Crippen molar-refractivity contribution in [2.24, 2.45) is 22.7 Å². The van der Waals surface area contributed by atoms with Gasteiger partial charge < -0.3 is 29.9 Å². The topological polar surface area (TPSA) is 134 Å². The number of aryl methyl sites for hydroxylation is 1. The van der Waals surface area contributed by atoms with Crippen LogP contribution in [-0.2, 0) is 36.3 Å². The van der Waals surface area contributed by atoms with Crippen LogP contribution in [0.25, 0.3) is 0 Å². The Morgan fingerprint density at radius 2 is 1.40 bits per heavy atom. The number of esters is 2. The molecule has 2 aromatic carbocycles. The van der Waals surface area contributed by atoms with Crippen LogP contribution in [0.2, 0.25) is 0 Å². The molecule has 0 radical (unpaired) electrons. The minimum absolute atomic E-state index is 0.0289. The summed E-state index contributed by atoms with van der Waals surface area (Å²) >= 11 is 0. The summed E-state index contributed by atoms with van der Waals surface area (Å²) in [6, 6.07) is 3.75. The van der Waals surface area contributed by atoms with Gasteiger partial charge in [0.2, 0.25) is 0 Å². The molecule has 1 saturated heterocycles. The summed E-state index contributed by atoms with van der Waals surface area (Å²) in [5.74, 6) is -2.73. The van der Waals surface area contributed by atoms with Crippen LogP contribution in [0.3, 0.4) is 0 Å². The minimum atomic E-state index is -1.24. The van der Waals surface area contributed by atoms with E-state index >= 15 is 4.79 Å². The molecule has 8 heteroatoms. The Hall–Kier alpha value is -3.42. The second-order valence-corrected chi connectivity index (χ2v) is 17.5. The standard InChI is InChI=1S/C40H52O8/c1-19(2)22-17-21-11-12-25-37(5,6)13-9-15-39(25,26(21)30(43)28(22)41)35(45)47-32-24-18-23(20(3)4)29(42)31(44)27(24)40-16-10-14-38(7,8)34(40)33(32)48-36(40)46/h17-20,25,32-34,41-44H,9-16H2,1-8H3. The van der Waals surface area contributed by atoms with Gasteiger partial charge in [-0.3, -0.25) is 9.59 Å². The monoisotopic (exact) mass is 660 g/mol. The maximum atomic E-state index is 15.3. The van der Waals surface area contributed by atoms with Crippen LogP contribution in [0.4, 0.5) is 0 Å². The molecule has 0 aromatic heterocycles. The van der Waals surface area contributed by atoms with Crippen molar-refractivity contribution >= 4 is 11.9 Å². The molecular formula is C40H52O8. The number of hydrogen-bond donors (Lipinski definition) is 4. The molecular weight excluding hydrogens is 608 g/mol. The summed E-state index contributed by atoms with van der Waals surface area (Å²) < 4.78 is 13.1. The van der Waals surface area contributed by atoms with Gasteiger partial charge >= 0.3 is 11.9 Å². The zero-order valence-corrected chi connectivity index (χ0v) is 29.7. The molecule has 7 rings (SSSR count). The molecule has 4 N–H and O–H groups in total. The van der Waals surface area contributed by atoms with E-state index in [2.05, 4.69) is 27.7 Å². The number of rotatable bonds is 4. The van der Waals surface area contributed by atoms with Crippen molar-refractivity contribution in [2.45, 2.75) is 142 Å². The summed E-state index contributed by atoms with van der Waals surface area (Å²) in [5.41, 5.74) is 0.244. The highest BCUT2D eigenvalue weighted by atomic mass is 16.6. The van der Waals surface area contributed by atoms with Gasteiger partial charge in [0.05, 0.1) is 0 Å². The Labute approximate surface area is 283 Å². The summed E-state index contributed by atoms with van der Waals surface area (Å²) in [5, 5.41) is 46.2. The van der Waals surface area contributed by atoms with Crippen molar-refractivity contribution < 1.29 is 39.5 Å². The fraction of sp³-hybridized carbons (Fsp3) is 0.650. The van der Waals surface area contributed by atoms with Crippen LogP contribution in [0, 0.1) is 22.7 Å². The van der Waals surface area contributed by atoms with Crippen LogP contribution < -0.4 is 0 Å². The highest BCUT2D eigenvalue weighted by Crippen LogP contribution is 2.68. The molecule has 8 nitrogen and oxygen atoms in total. The molecule has 2 saturated carbocycles. The van der Waals surface area contributed by atoms with Gasteiger partial charge in [0.15, 0.2) is 29.1 Å². The lowest BCUT2D eigenvalue weighted by Crippen LogP contribution is -2.57. The molecule has 5 aliphatic rings. The highest BCUT2D eigenvalue weighted by Gasteiger charge is 2.71. The third-order valence-electron chi connectivity index (χ3n) is 13.4. The maximum Gasteiger partial charge on any atom is 0.317 e. The molecule has 0 spiro atoms. The molecule has 6 atom stereocenters. The number of phenols is 4. The number of ether oxygens (including phenoxy) is 2. The van der Waals surface area contributed by atoms with E-state index in [0.29, 0.717) is 47.1 Å². The molecule has 4 aliphatic carbocycles. The molecule has 0 amide bonds. The molecule has 6 unspecified atom stereocenters. The second kappa shape index (κ2) is 10.5. The van der Waals surface area contributed by atoms with Crippen molar-refractivity contribution in [1.82, 2.24) is 0 Å². The Kier molecular flexibility index (Phi) is 7.27. The Bertz CT molecular complexity index is 1720. The zero-order chi connectivity index (χ0) is 34.9. The van der Waals surface area contributed by atoms with E-state index < -0.39 is 46.3 Å². The van der Waals surface area contributed by atoms with Crippen LogP contribution in [0.15, 0.2) is 12.1 Å². The predicted molar refractivity (Wildman–Crippen MR) is 180 cm³/mol. The molecule has 1 heterocycles. The van der Waals surface area contributed by atoms with E-state index in [4.69, 9.17) is 9.47 Å². The van der Waals surface area contributed by atoms with Crippen LogP contribution in [-0.4, -0.2) is 38.5 Å². The lowest BCUT2D eigenvalue weighted by atomic mass is 9.48. The number of carbonyl (C=O) groups excluding carboxylic acids is 2. The van der Waals surface area contributed by atoms with Crippen LogP contribution in [0.5, 0.6) is 23.0 Å². The van der Waals surface area contributed by atoms with Crippen molar-refractivity contribution in [3.8, 4) is 23.0 Å². The van der Waals surface area contributed by atoms with Gasteiger partial charge in [-0.1, -0.05) is 74.3 Å². The predicted octanol–water partition coefficient (Wildman–Crippen LogP) is 8.05. The average molecular weight is 661 g/mol. The van der Waals surface area contributed by atoms with Gasteiger partial charge in [-0.2, -0.15) is 0 Å². The second-order valence-electron chi connectivity index (χ2n) is 17.5. The van der Waals surface area contributed by atoms with Gasteiger partial charge in [0, 0.05) is 33.7 Å². The van der Waals surface area contributed by atoms with Crippen molar-refractivity contribution in [3.05, 3.63) is 45.5 Å². The van der Waals surface area contributed by atoms with Crippen molar-refractivity contribution in [2.75, 3.05) is 0 Å².